The minimum absolute atomic E-state index is 0.151. The van der Waals surface area contributed by atoms with Gasteiger partial charge in [0.15, 0.2) is 20.9 Å². The molecule has 3 aromatic rings. The number of rotatable bonds is 7. The van der Waals surface area contributed by atoms with Crippen molar-refractivity contribution in [2.75, 3.05) is 32.4 Å². The molecule has 9 nitrogen and oxygen atoms in total. The first-order valence-electron chi connectivity index (χ1n) is 11.7. The second-order valence-electron chi connectivity index (χ2n) is 8.90. The molecule has 2 heterocycles. The number of fused-ring (bicyclic) bond motifs is 1. The maximum atomic E-state index is 13.1. The summed E-state index contributed by atoms with van der Waals surface area (Å²) in [7, 11) is -0.0117. The molecule has 12 heteroatoms. The summed E-state index contributed by atoms with van der Waals surface area (Å²) in [5.74, 6) is -1.21. The van der Waals surface area contributed by atoms with Gasteiger partial charge in [-0.05, 0) is 35.0 Å². The third-order valence-corrected chi connectivity index (χ3v) is 9.36. The van der Waals surface area contributed by atoms with Crippen molar-refractivity contribution in [1.29, 1.82) is 0 Å². The number of halogens is 1. The van der Waals surface area contributed by atoms with Crippen LogP contribution in [-0.2, 0) is 37.8 Å². The molecule has 0 N–H and O–H groups in total. The van der Waals surface area contributed by atoms with E-state index in [1.54, 1.807) is 48.7 Å². The molecular weight excluding hydrogens is 536 g/mol. The first-order valence-corrected chi connectivity index (χ1v) is 14.7. The van der Waals surface area contributed by atoms with Crippen molar-refractivity contribution in [3.63, 3.8) is 0 Å². The molecule has 0 radical (unpaired) electrons. The van der Waals surface area contributed by atoms with Gasteiger partial charge in [0, 0.05) is 63.2 Å². The van der Waals surface area contributed by atoms with Gasteiger partial charge in [-0.25, -0.2) is 8.42 Å². The van der Waals surface area contributed by atoms with Crippen molar-refractivity contribution in [3.8, 4) is 0 Å². The number of hydrogen-bond donors (Lipinski definition) is 0. The molecule has 198 valence electrons. The fourth-order valence-electron chi connectivity index (χ4n) is 4.37. The molecule has 1 aliphatic heterocycles. The first-order chi connectivity index (χ1) is 17.6. The van der Waals surface area contributed by atoms with Crippen LogP contribution < -0.4 is 4.80 Å². The molecule has 0 aliphatic carbocycles. The summed E-state index contributed by atoms with van der Waals surface area (Å²) in [4.78, 5) is 33.7. The predicted octanol–water partition coefficient (Wildman–Crippen LogP) is 2.82. The Labute approximate surface area is 224 Å². The SMILES string of the molecule is CN=c1scc(CN2CCN(C(=O)CCS(=O)(=O)c3ccc4cc(Cl)ccc4c3)C(OC(C)=O)C2)n1C. The fraction of sp³-hybridized carbons (Fsp3) is 0.400. The maximum Gasteiger partial charge on any atom is 0.304 e. The Bertz CT molecular complexity index is 1500. The number of amides is 1. The molecule has 1 fully saturated rings. The van der Waals surface area contributed by atoms with Crippen molar-refractivity contribution < 1.29 is 22.7 Å². The fourth-order valence-corrected chi connectivity index (χ4v) is 6.67. The first kappa shape index (κ1) is 27.3. The second-order valence-corrected chi connectivity index (χ2v) is 12.3. The molecule has 2 aromatic carbocycles. The Morgan fingerprint density at radius 1 is 1.16 bits per heavy atom. The van der Waals surface area contributed by atoms with Gasteiger partial charge in [-0.2, -0.15) is 0 Å². The van der Waals surface area contributed by atoms with Gasteiger partial charge >= 0.3 is 5.97 Å². The van der Waals surface area contributed by atoms with Gasteiger partial charge in [0.05, 0.1) is 17.2 Å². The van der Waals surface area contributed by atoms with Gasteiger partial charge < -0.3 is 14.2 Å². The van der Waals surface area contributed by atoms with E-state index in [1.165, 1.54) is 17.9 Å². The van der Waals surface area contributed by atoms with E-state index < -0.39 is 22.0 Å². The van der Waals surface area contributed by atoms with E-state index >= 15 is 0 Å². The largest absolute Gasteiger partial charge is 0.440 e. The normalized spacial score (nSPS) is 17.4. The molecule has 1 saturated heterocycles. The zero-order valence-corrected chi connectivity index (χ0v) is 23.3. The van der Waals surface area contributed by atoms with E-state index in [1.807, 2.05) is 17.0 Å². The number of aromatic nitrogens is 1. The van der Waals surface area contributed by atoms with Gasteiger partial charge in [0.25, 0.3) is 0 Å². The lowest BCUT2D eigenvalue weighted by atomic mass is 10.1. The minimum atomic E-state index is -3.70. The number of esters is 1. The van der Waals surface area contributed by atoms with Crippen LogP contribution in [0.4, 0.5) is 0 Å². The number of nitrogens with zero attached hydrogens (tertiary/aromatic N) is 4. The Morgan fingerprint density at radius 3 is 2.59 bits per heavy atom. The topological polar surface area (TPSA) is 101 Å². The summed E-state index contributed by atoms with van der Waals surface area (Å²) >= 11 is 7.56. The lowest BCUT2D eigenvalue weighted by Crippen LogP contribution is -2.56. The van der Waals surface area contributed by atoms with Gasteiger partial charge in [0.2, 0.25) is 5.91 Å². The van der Waals surface area contributed by atoms with Crippen LogP contribution in [0.5, 0.6) is 0 Å². The van der Waals surface area contributed by atoms with Crippen molar-refractivity contribution >= 4 is 55.4 Å². The van der Waals surface area contributed by atoms with E-state index in [0.717, 1.165) is 21.3 Å². The summed E-state index contributed by atoms with van der Waals surface area (Å²) in [6, 6.07) is 10.1. The highest BCUT2D eigenvalue weighted by Gasteiger charge is 2.33. The number of piperazine rings is 1. The van der Waals surface area contributed by atoms with E-state index in [9.17, 15) is 18.0 Å². The van der Waals surface area contributed by atoms with Crippen molar-refractivity contribution in [1.82, 2.24) is 14.4 Å². The highest BCUT2D eigenvalue weighted by Crippen LogP contribution is 2.24. The molecule has 1 aliphatic rings. The molecule has 1 atom stereocenters. The number of hydrogen-bond acceptors (Lipinski definition) is 8. The van der Waals surface area contributed by atoms with Crippen LogP contribution in [0.3, 0.4) is 0 Å². The molecule has 0 bridgehead atoms. The highest BCUT2D eigenvalue weighted by molar-refractivity contribution is 7.91. The highest BCUT2D eigenvalue weighted by atomic mass is 35.5. The third-order valence-electron chi connectivity index (χ3n) is 6.35. The number of thiazole rings is 1. The molecule has 1 aromatic heterocycles. The van der Waals surface area contributed by atoms with E-state index in [2.05, 4.69) is 9.89 Å². The van der Waals surface area contributed by atoms with Crippen LogP contribution in [0.15, 0.2) is 51.7 Å². The Morgan fingerprint density at radius 2 is 1.89 bits per heavy atom. The number of carbonyl (C=O) groups is 2. The molecular formula is C25H29ClN4O5S2. The lowest BCUT2D eigenvalue weighted by molar-refractivity contribution is -0.170. The predicted molar refractivity (Wildman–Crippen MR) is 143 cm³/mol. The van der Waals surface area contributed by atoms with Gasteiger partial charge in [-0.3, -0.25) is 19.5 Å². The van der Waals surface area contributed by atoms with E-state index in [-0.39, 0.29) is 23.0 Å². The summed E-state index contributed by atoms with van der Waals surface area (Å²) in [6.45, 7) is 3.14. The minimum Gasteiger partial charge on any atom is -0.440 e. The van der Waals surface area contributed by atoms with Gasteiger partial charge in [-0.15, -0.1) is 11.3 Å². The van der Waals surface area contributed by atoms with Crippen LogP contribution >= 0.6 is 22.9 Å². The molecule has 37 heavy (non-hydrogen) atoms. The molecule has 1 amide bonds. The van der Waals surface area contributed by atoms with Crippen LogP contribution in [0.1, 0.15) is 19.0 Å². The van der Waals surface area contributed by atoms with E-state index in [0.29, 0.717) is 31.2 Å². The quantitative estimate of drug-likeness (QED) is 0.409. The van der Waals surface area contributed by atoms with Crippen molar-refractivity contribution in [2.24, 2.45) is 12.0 Å². The van der Waals surface area contributed by atoms with Gasteiger partial charge in [-0.1, -0.05) is 23.7 Å². The van der Waals surface area contributed by atoms with Crippen LogP contribution in [0.2, 0.25) is 5.02 Å². The van der Waals surface area contributed by atoms with Crippen molar-refractivity contribution in [3.05, 3.63) is 57.3 Å². The summed E-state index contributed by atoms with van der Waals surface area (Å²) < 4.78 is 33.5. The number of sulfone groups is 1. The monoisotopic (exact) mass is 564 g/mol. The average molecular weight is 565 g/mol. The summed E-state index contributed by atoms with van der Waals surface area (Å²) in [6.07, 6.45) is -0.995. The smallest absolute Gasteiger partial charge is 0.304 e. The summed E-state index contributed by atoms with van der Waals surface area (Å²) in [5, 5.41) is 4.19. The molecule has 0 spiro atoms. The number of benzene rings is 2. The molecule has 0 saturated carbocycles. The zero-order valence-electron chi connectivity index (χ0n) is 20.9. The van der Waals surface area contributed by atoms with E-state index in [4.69, 9.17) is 16.3 Å². The van der Waals surface area contributed by atoms with Crippen LogP contribution in [-0.4, -0.2) is 73.3 Å². The van der Waals surface area contributed by atoms with Crippen LogP contribution in [0.25, 0.3) is 10.8 Å². The number of carbonyl (C=O) groups excluding carboxylic acids is 2. The Kier molecular flexibility index (Phi) is 8.37. The third kappa shape index (κ3) is 6.40. The standard InChI is InChI=1S/C25H29ClN4O5S2/c1-17(31)35-24-15-29(14-21-16-36-25(27-2)28(21)3)9-10-30(24)23(32)8-11-37(33,34)22-7-5-18-12-20(26)6-4-19(18)13-22/h4-7,12-13,16,24H,8-11,14-15H2,1-3H3. The molecule has 4 rings (SSSR count). The Balaban J connectivity index is 1.43. The lowest BCUT2D eigenvalue weighted by Gasteiger charge is -2.40. The molecule has 1 unspecified atom stereocenters. The number of ether oxygens (including phenoxy) is 1. The summed E-state index contributed by atoms with van der Waals surface area (Å²) in [5.41, 5.74) is 1.07. The average Bonchev–Trinajstić information content (AvgIpc) is 3.21. The Hall–Kier alpha value is -2.73. The zero-order chi connectivity index (χ0) is 26.7. The van der Waals surface area contributed by atoms with Gasteiger partial charge in [0.1, 0.15) is 0 Å². The van der Waals surface area contributed by atoms with Crippen molar-refractivity contribution in [2.45, 2.75) is 31.0 Å². The maximum absolute atomic E-state index is 13.1. The van der Waals surface area contributed by atoms with Crippen LogP contribution in [0, 0.1) is 0 Å². The second kappa shape index (κ2) is 11.3.